The molecule has 8 nitrogen and oxygen atoms in total. The van der Waals surface area contributed by atoms with Gasteiger partial charge in [-0.05, 0) is 56.8 Å². The molecule has 1 aliphatic carbocycles. The lowest BCUT2D eigenvalue weighted by molar-refractivity contribution is -0.130. The number of carbonyl (C=O) groups excluding carboxylic acids is 2. The van der Waals surface area contributed by atoms with Crippen molar-refractivity contribution in [3.63, 3.8) is 0 Å². The van der Waals surface area contributed by atoms with Crippen LogP contribution in [0.1, 0.15) is 50.3 Å². The molecule has 34 heavy (non-hydrogen) atoms. The van der Waals surface area contributed by atoms with Gasteiger partial charge in [0.1, 0.15) is 11.9 Å². The maximum atomic E-state index is 13.8. The third-order valence-corrected chi connectivity index (χ3v) is 6.98. The fraction of sp³-hybridized carbons (Fsp3) is 0.520. The predicted octanol–water partition coefficient (Wildman–Crippen LogP) is 1.99. The smallest absolute Gasteiger partial charge is 0.251 e. The predicted molar refractivity (Wildman–Crippen MR) is 127 cm³/mol. The minimum Gasteiger partial charge on any atom is -0.343 e. The fourth-order valence-electron chi connectivity index (χ4n) is 4.85. The molecule has 2 atom stereocenters. The number of carbonyl (C=O) groups is 2. The molecule has 2 N–H and O–H groups in total. The van der Waals surface area contributed by atoms with Gasteiger partial charge in [0.05, 0.1) is 30.2 Å². The van der Waals surface area contributed by atoms with Crippen molar-refractivity contribution in [1.82, 2.24) is 20.2 Å². The number of pyridine rings is 2. The molecule has 0 bridgehead atoms. The number of hydrogen-bond donors (Lipinski definition) is 2. The summed E-state index contributed by atoms with van der Waals surface area (Å²) in [6.45, 7) is 2.41. The summed E-state index contributed by atoms with van der Waals surface area (Å²) in [5.74, 6) is -0.677. The first-order valence-corrected chi connectivity index (χ1v) is 12.0. The summed E-state index contributed by atoms with van der Waals surface area (Å²) in [6, 6.07) is 3.39. The second-order valence-corrected chi connectivity index (χ2v) is 9.25. The average Bonchev–Trinajstić information content (AvgIpc) is 3.26. The highest BCUT2D eigenvalue weighted by molar-refractivity contribution is 6.01. The van der Waals surface area contributed by atoms with Crippen LogP contribution in [0.25, 0.3) is 0 Å². The van der Waals surface area contributed by atoms with E-state index in [1.807, 2.05) is 0 Å². The number of nitrogens with zero attached hydrogens (tertiary/aromatic N) is 3. The topological polar surface area (TPSA) is 96.3 Å². The lowest BCUT2D eigenvalue weighted by Gasteiger charge is -2.33. The zero-order valence-electron chi connectivity index (χ0n) is 19.7. The number of halogens is 1. The van der Waals surface area contributed by atoms with E-state index in [2.05, 4.69) is 15.6 Å². The van der Waals surface area contributed by atoms with E-state index in [9.17, 15) is 18.8 Å². The molecule has 0 saturated heterocycles. The molecule has 0 aromatic carbocycles. The highest BCUT2D eigenvalue weighted by atomic mass is 19.1. The summed E-state index contributed by atoms with van der Waals surface area (Å²) < 4.78 is 14.7. The molecule has 2 aliphatic rings. The van der Waals surface area contributed by atoms with Gasteiger partial charge in [-0.15, -0.1) is 0 Å². The summed E-state index contributed by atoms with van der Waals surface area (Å²) in [4.78, 5) is 44.9. The summed E-state index contributed by atoms with van der Waals surface area (Å²) in [5.41, 5.74) is 1.86. The summed E-state index contributed by atoms with van der Waals surface area (Å²) in [6.07, 6.45) is 8.44. The van der Waals surface area contributed by atoms with Gasteiger partial charge >= 0.3 is 0 Å². The molecule has 182 valence electrons. The van der Waals surface area contributed by atoms with Crippen LogP contribution in [-0.2, 0) is 22.6 Å². The maximum absolute atomic E-state index is 13.8. The Morgan fingerprint density at radius 3 is 2.68 bits per heavy atom. The van der Waals surface area contributed by atoms with E-state index in [1.54, 1.807) is 31.1 Å². The minimum atomic E-state index is -0.603. The van der Waals surface area contributed by atoms with Crippen LogP contribution in [0.2, 0.25) is 0 Å². The number of fused-ring (bicyclic) bond motifs is 1. The molecule has 1 saturated carbocycles. The van der Waals surface area contributed by atoms with Crippen molar-refractivity contribution in [3.05, 3.63) is 58.0 Å². The van der Waals surface area contributed by atoms with Crippen molar-refractivity contribution in [3.8, 4) is 0 Å². The van der Waals surface area contributed by atoms with Crippen LogP contribution in [0.15, 0.2) is 35.4 Å². The normalized spacial score (nSPS) is 17.8. The fourth-order valence-corrected chi connectivity index (χ4v) is 4.85. The zero-order valence-corrected chi connectivity index (χ0v) is 19.7. The SMILES string of the molecule is CN[C@@H](C)C(=O)N[C@H](C(=O)N1CCc2cc(=O)n(Cc3ccc(F)cn3)cc21)C1CCCCC1. The third kappa shape index (κ3) is 5.19. The Morgan fingerprint density at radius 1 is 1.24 bits per heavy atom. The second-order valence-electron chi connectivity index (χ2n) is 9.25. The molecular formula is C25H32FN5O3. The van der Waals surface area contributed by atoms with Gasteiger partial charge in [0.25, 0.3) is 5.56 Å². The number of likely N-dealkylation sites (N-methyl/N-ethyl adjacent to an activating group) is 1. The van der Waals surface area contributed by atoms with Gasteiger partial charge in [0.2, 0.25) is 11.8 Å². The standard InChI is InChI=1S/C25H32FN5O3/c1-16(27-2)24(33)29-23(17-6-4-3-5-7-17)25(34)31-11-10-18-12-22(32)30(15-21(18)31)14-20-9-8-19(26)13-28-20/h8-9,12-13,15-17,23,27H,3-7,10-11,14H2,1-2H3,(H,29,33)/t16-,23-/m0/s1. The van der Waals surface area contributed by atoms with E-state index in [0.29, 0.717) is 24.3 Å². The van der Waals surface area contributed by atoms with Gasteiger partial charge < -0.3 is 20.1 Å². The molecule has 2 aromatic heterocycles. The second kappa shape index (κ2) is 10.5. The van der Waals surface area contributed by atoms with E-state index in [0.717, 1.165) is 43.9 Å². The first-order chi connectivity index (χ1) is 16.4. The summed E-state index contributed by atoms with van der Waals surface area (Å²) in [5, 5.41) is 5.94. The quantitative estimate of drug-likeness (QED) is 0.647. The molecule has 0 unspecified atom stereocenters. The zero-order chi connectivity index (χ0) is 24.2. The number of amides is 2. The van der Waals surface area contributed by atoms with Crippen molar-refractivity contribution in [2.24, 2.45) is 5.92 Å². The largest absolute Gasteiger partial charge is 0.343 e. The van der Waals surface area contributed by atoms with Gasteiger partial charge in [0.15, 0.2) is 0 Å². The van der Waals surface area contributed by atoms with Crippen LogP contribution in [0.5, 0.6) is 0 Å². The van der Waals surface area contributed by atoms with Crippen LogP contribution in [-0.4, -0.2) is 47.0 Å². The summed E-state index contributed by atoms with van der Waals surface area (Å²) >= 11 is 0. The molecule has 2 amide bonds. The van der Waals surface area contributed by atoms with Crippen LogP contribution >= 0.6 is 0 Å². The minimum absolute atomic E-state index is 0.0904. The molecule has 1 aliphatic heterocycles. The molecule has 0 radical (unpaired) electrons. The highest BCUT2D eigenvalue weighted by Crippen LogP contribution is 2.32. The average molecular weight is 470 g/mol. The first kappa shape index (κ1) is 24.1. The van der Waals surface area contributed by atoms with E-state index in [4.69, 9.17) is 0 Å². The third-order valence-electron chi connectivity index (χ3n) is 6.98. The lowest BCUT2D eigenvalue weighted by Crippen LogP contribution is -2.55. The molecule has 4 rings (SSSR count). The van der Waals surface area contributed by atoms with E-state index < -0.39 is 17.9 Å². The van der Waals surface area contributed by atoms with Gasteiger partial charge in [-0.2, -0.15) is 0 Å². The number of rotatable bonds is 7. The van der Waals surface area contributed by atoms with Crippen molar-refractivity contribution in [1.29, 1.82) is 0 Å². The van der Waals surface area contributed by atoms with Gasteiger partial charge in [0, 0.05) is 18.8 Å². The molecule has 2 aromatic rings. The molecule has 3 heterocycles. The van der Waals surface area contributed by atoms with Crippen LogP contribution in [0.4, 0.5) is 10.1 Å². The van der Waals surface area contributed by atoms with Crippen molar-refractivity contribution in [2.45, 2.75) is 64.1 Å². The van der Waals surface area contributed by atoms with Gasteiger partial charge in [-0.3, -0.25) is 19.4 Å². The van der Waals surface area contributed by atoms with Gasteiger partial charge in [-0.1, -0.05) is 19.3 Å². The van der Waals surface area contributed by atoms with E-state index in [-0.39, 0.29) is 29.8 Å². The Hall–Kier alpha value is -3.07. The summed E-state index contributed by atoms with van der Waals surface area (Å²) in [7, 11) is 1.72. The van der Waals surface area contributed by atoms with Crippen LogP contribution in [0, 0.1) is 11.7 Å². The van der Waals surface area contributed by atoms with E-state index in [1.165, 1.54) is 16.7 Å². The Kier molecular flexibility index (Phi) is 7.41. The lowest BCUT2D eigenvalue weighted by atomic mass is 9.83. The number of anilines is 1. The maximum Gasteiger partial charge on any atom is 0.251 e. The van der Waals surface area contributed by atoms with E-state index >= 15 is 0 Å². The Morgan fingerprint density at radius 2 is 2.00 bits per heavy atom. The first-order valence-electron chi connectivity index (χ1n) is 12.0. The number of hydrogen-bond acceptors (Lipinski definition) is 5. The van der Waals surface area contributed by atoms with Crippen LogP contribution in [0.3, 0.4) is 0 Å². The Balaban J connectivity index is 1.60. The number of nitrogens with one attached hydrogen (secondary N) is 2. The molecule has 9 heteroatoms. The van der Waals surface area contributed by atoms with Crippen LogP contribution < -0.4 is 21.1 Å². The van der Waals surface area contributed by atoms with Gasteiger partial charge in [-0.25, -0.2) is 4.39 Å². The van der Waals surface area contributed by atoms with Crippen molar-refractivity contribution < 1.29 is 14.0 Å². The number of aromatic nitrogens is 2. The molecular weight excluding hydrogens is 437 g/mol. The molecule has 0 spiro atoms. The van der Waals surface area contributed by atoms with Crippen molar-refractivity contribution >= 4 is 17.5 Å². The Labute approximate surface area is 198 Å². The van der Waals surface area contributed by atoms with Crippen molar-refractivity contribution in [2.75, 3.05) is 18.5 Å². The molecule has 1 fully saturated rings. The Bertz CT molecular complexity index is 1090. The monoisotopic (exact) mass is 469 g/mol. The highest BCUT2D eigenvalue weighted by Gasteiger charge is 2.37.